The van der Waals surface area contributed by atoms with E-state index in [1.807, 2.05) is 0 Å². The van der Waals surface area contributed by atoms with E-state index in [9.17, 15) is 0 Å². The molecule has 0 unspecified atom stereocenters. The Bertz CT molecular complexity index is 454. The standard InChI is InChI=1S/C17H29N3Si/c1-21(2,3)17-6-4-15(5-7-17)14-19-8-10-20(11-9-19)16-12-18-13-16/h4-7,16,18H,8-14H2,1-3H3. The first-order valence-electron chi connectivity index (χ1n) is 8.29. The second kappa shape index (κ2) is 6.21. The van der Waals surface area contributed by atoms with Crippen LogP contribution in [0.2, 0.25) is 19.6 Å². The second-order valence-corrected chi connectivity index (χ2v) is 12.6. The van der Waals surface area contributed by atoms with E-state index < -0.39 is 8.07 Å². The molecule has 21 heavy (non-hydrogen) atoms. The van der Waals surface area contributed by atoms with Gasteiger partial charge in [-0.05, 0) is 5.56 Å². The minimum absolute atomic E-state index is 0.808. The molecule has 2 aliphatic heterocycles. The van der Waals surface area contributed by atoms with Crippen molar-refractivity contribution in [3.8, 4) is 0 Å². The molecule has 0 aromatic heterocycles. The molecule has 2 fully saturated rings. The smallest absolute Gasteiger partial charge is 0.0775 e. The van der Waals surface area contributed by atoms with Gasteiger partial charge in [0.05, 0.1) is 8.07 Å². The first-order chi connectivity index (χ1) is 10.0. The van der Waals surface area contributed by atoms with Crippen molar-refractivity contribution in [2.75, 3.05) is 39.3 Å². The van der Waals surface area contributed by atoms with Gasteiger partial charge in [-0.25, -0.2) is 0 Å². The number of piperazine rings is 1. The van der Waals surface area contributed by atoms with Gasteiger partial charge >= 0.3 is 0 Å². The van der Waals surface area contributed by atoms with Gasteiger partial charge in [0.1, 0.15) is 0 Å². The van der Waals surface area contributed by atoms with E-state index in [1.54, 1.807) is 5.19 Å². The van der Waals surface area contributed by atoms with Crippen LogP contribution in [0.25, 0.3) is 0 Å². The van der Waals surface area contributed by atoms with Crippen molar-refractivity contribution in [1.82, 2.24) is 15.1 Å². The summed E-state index contributed by atoms with van der Waals surface area (Å²) in [5, 5.41) is 4.94. The third-order valence-corrected chi connectivity index (χ3v) is 6.97. The van der Waals surface area contributed by atoms with Crippen LogP contribution in [0.15, 0.2) is 24.3 Å². The lowest BCUT2D eigenvalue weighted by Crippen LogP contribution is -2.61. The van der Waals surface area contributed by atoms with Crippen molar-refractivity contribution in [1.29, 1.82) is 0 Å². The Labute approximate surface area is 130 Å². The summed E-state index contributed by atoms with van der Waals surface area (Å²) in [6.45, 7) is 15.6. The van der Waals surface area contributed by atoms with Crippen LogP contribution in [-0.4, -0.2) is 63.2 Å². The van der Waals surface area contributed by atoms with Gasteiger partial charge in [-0.3, -0.25) is 9.80 Å². The highest BCUT2D eigenvalue weighted by Crippen LogP contribution is 2.13. The molecule has 1 aromatic carbocycles. The van der Waals surface area contributed by atoms with E-state index in [0.29, 0.717) is 0 Å². The number of nitrogens with one attached hydrogen (secondary N) is 1. The summed E-state index contributed by atoms with van der Waals surface area (Å²) in [5.41, 5.74) is 1.47. The highest BCUT2D eigenvalue weighted by molar-refractivity contribution is 6.88. The van der Waals surface area contributed by atoms with Gasteiger partial charge in [-0.1, -0.05) is 49.1 Å². The van der Waals surface area contributed by atoms with Gasteiger partial charge in [0.25, 0.3) is 0 Å². The maximum Gasteiger partial charge on any atom is 0.0775 e. The zero-order valence-corrected chi connectivity index (χ0v) is 14.7. The van der Waals surface area contributed by atoms with Crippen LogP contribution < -0.4 is 10.5 Å². The number of rotatable bonds is 4. The second-order valence-electron chi connectivity index (χ2n) is 7.57. The lowest BCUT2D eigenvalue weighted by molar-refractivity contribution is 0.0696. The minimum atomic E-state index is -1.15. The average Bonchev–Trinajstić information content (AvgIpc) is 2.39. The lowest BCUT2D eigenvalue weighted by atomic mass is 10.1. The molecule has 116 valence electrons. The van der Waals surface area contributed by atoms with Crippen molar-refractivity contribution in [2.45, 2.75) is 32.2 Å². The minimum Gasteiger partial charge on any atom is -0.314 e. The van der Waals surface area contributed by atoms with E-state index >= 15 is 0 Å². The molecule has 2 saturated heterocycles. The van der Waals surface area contributed by atoms with Crippen LogP contribution in [0.5, 0.6) is 0 Å². The summed E-state index contributed by atoms with van der Waals surface area (Å²) in [6.07, 6.45) is 0. The molecule has 1 N–H and O–H groups in total. The SMILES string of the molecule is C[Si](C)(C)c1ccc(CN2CCN(C3CNC3)CC2)cc1. The van der Waals surface area contributed by atoms with Gasteiger partial charge < -0.3 is 5.32 Å². The monoisotopic (exact) mass is 303 g/mol. The van der Waals surface area contributed by atoms with Crippen LogP contribution in [0.1, 0.15) is 5.56 Å². The first kappa shape index (κ1) is 15.2. The van der Waals surface area contributed by atoms with Crippen molar-refractivity contribution in [3.05, 3.63) is 29.8 Å². The molecule has 3 rings (SSSR count). The molecule has 0 aliphatic carbocycles. The maximum atomic E-state index is 3.37. The summed E-state index contributed by atoms with van der Waals surface area (Å²) in [6, 6.07) is 10.2. The number of benzene rings is 1. The van der Waals surface area contributed by atoms with Crippen molar-refractivity contribution >= 4 is 13.3 Å². The maximum absolute atomic E-state index is 3.37. The molecule has 1 aromatic rings. The number of hydrogen-bond donors (Lipinski definition) is 1. The quantitative estimate of drug-likeness (QED) is 0.847. The van der Waals surface area contributed by atoms with Gasteiger partial charge in [-0.2, -0.15) is 0 Å². The third kappa shape index (κ3) is 3.75. The molecule has 2 heterocycles. The molecule has 0 atom stereocenters. The Morgan fingerprint density at radius 1 is 1.00 bits per heavy atom. The molecule has 0 bridgehead atoms. The van der Waals surface area contributed by atoms with Crippen LogP contribution in [0, 0.1) is 0 Å². The van der Waals surface area contributed by atoms with Gasteiger partial charge in [-0.15, -0.1) is 0 Å². The Hall–Kier alpha value is -0.683. The van der Waals surface area contributed by atoms with Crippen molar-refractivity contribution < 1.29 is 0 Å². The summed E-state index contributed by atoms with van der Waals surface area (Å²) in [7, 11) is -1.15. The van der Waals surface area contributed by atoms with E-state index in [1.165, 1.54) is 44.8 Å². The topological polar surface area (TPSA) is 18.5 Å². The number of hydrogen-bond acceptors (Lipinski definition) is 3. The molecule has 0 saturated carbocycles. The molecular formula is C17H29N3Si. The van der Waals surface area contributed by atoms with Crippen LogP contribution >= 0.6 is 0 Å². The molecule has 0 spiro atoms. The van der Waals surface area contributed by atoms with E-state index in [4.69, 9.17) is 0 Å². The zero-order chi connectivity index (χ0) is 14.9. The van der Waals surface area contributed by atoms with Gasteiger partial charge in [0.2, 0.25) is 0 Å². The highest BCUT2D eigenvalue weighted by atomic mass is 28.3. The molecule has 0 amide bonds. The van der Waals surface area contributed by atoms with Crippen molar-refractivity contribution in [2.24, 2.45) is 0 Å². The third-order valence-electron chi connectivity index (χ3n) is 4.91. The Kier molecular flexibility index (Phi) is 4.50. The van der Waals surface area contributed by atoms with Gasteiger partial charge in [0, 0.05) is 51.9 Å². The van der Waals surface area contributed by atoms with Crippen LogP contribution in [0.3, 0.4) is 0 Å². The van der Waals surface area contributed by atoms with E-state index in [2.05, 4.69) is 59.0 Å². The van der Waals surface area contributed by atoms with E-state index in [-0.39, 0.29) is 0 Å². The predicted molar refractivity (Wildman–Crippen MR) is 92.9 cm³/mol. The Balaban J connectivity index is 1.51. The summed E-state index contributed by atoms with van der Waals surface area (Å²) >= 11 is 0. The molecular weight excluding hydrogens is 274 g/mol. The largest absolute Gasteiger partial charge is 0.314 e. The lowest BCUT2D eigenvalue weighted by Gasteiger charge is -2.43. The molecule has 3 nitrogen and oxygen atoms in total. The average molecular weight is 304 g/mol. The van der Waals surface area contributed by atoms with Crippen LogP contribution in [0.4, 0.5) is 0 Å². The normalized spacial score (nSPS) is 22.2. The summed E-state index contributed by atoms with van der Waals surface area (Å²) in [4.78, 5) is 5.26. The molecule has 2 aliphatic rings. The fourth-order valence-electron chi connectivity index (χ4n) is 3.19. The highest BCUT2D eigenvalue weighted by Gasteiger charge is 2.27. The first-order valence-corrected chi connectivity index (χ1v) is 11.8. The predicted octanol–water partition coefficient (Wildman–Crippen LogP) is 1.32. The fraction of sp³-hybridized carbons (Fsp3) is 0.647. The van der Waals surface area contributed by atoms with Crippen molar-refractivity contribution in [3.63, 3.8) is 0 Å². The molecule has 4 heteroatoms. The number of nitrogens with zero attached hydrogens (tertiary/aromatic N) is 2. The molecule has 0 radical (unpaired) electrons. The van der Waals surface area contributed by atoms with Crippen LogP contribution in [-0.2, 0) is 6.54 Å². The summed E-state index contributed by atoms with van der Waals surface area (Å²) in [5.74, 6) is 0. The van der Waals surface area contributed by atoms with E-state index in [0.717, 1.165) is 12.6 Å². The zero-order valence-electron chi connectivity index (χ0n) is 13.7. The van der Waals surface area contributed by atoms with Gasteiger partial charge in [0.15, 0.2) is 0 Å². The fourth-order valence-corrected chi connectivity index (χ4v) is 4.35. The Morgan fingerprint density at radius 3 is 2.10 bits per heavy atom. The summed E-state index contributed by atoms with van der Waals surface area (Å²) < 4.78 is 0. The Morgan fingerprint density at radius 2 is 1.62 bits per heavy atom.